The zero-order chi connectivity index (χ0) is 10.4. The maximum Gasteiger partial charge on any atom is 0.138 e. The maximum atomic E-state index is 4.21. The summed E-state index contributed by atoms with van der Waals surface area (Å²) in [6, 6.07) is 0.489. The first-order chi connectivity index (χ1) is 6.77. The summed E-state index contributed by atoms with van der Waals surface area (Å²) in [5.74, 6) is 3.33. The molecular weight excluding hydrogens is 196 g/mol. The van der Waals surface area contributed by atoms with Gasteiger partial charge in [-0.2, -0.15) is 16.9 Å². The van der Waals surface area contributed by atoms with Gasteiger partial charge in [-0.3, -0.25) is 4.68 Å². The van der Waals surface area contributed by atoms with E-state index in [-0.39, 0.29) is 0 Å². The number of hydrogen-bond donors (Lipinski definition) is 1. The highest BCUT2D eigenvalue weighted by molar-refractivity contribution is 7.99. The van der Waals surface area contributed by atoms with Crippen molar-refractivity contribution in [3.8, 4) is 0 Å². The number of aromatic nitrogens is 3. The molecule has 0 aromatic carbocycles. The molecule has 1 unspecified atom stereocenters. The summed E-state index contributed by atoms with van der Waals surface area (Å²) in [5.41, 5.74) is 0. The van der Waals surface area contributed by atoms with Crippen LogP contribution in [-0.2, 0) is 13.5 Å². The Morgan fingerprint density at radius 2 is 2.43 bits per heavy atom. The lowest BCUT2D eigenvalue weighted by molar-refractivity contribution is 0.573. The van der Waals surface area contributed by atoms with E-state index in [1.165, 1.54) is 0 Å². The maximum absolute atomic E-state index is 4.21. The van der Waals surface area contributed by atoms with Gasteiger partial charge in [-0.05, 0) is 12.8 Å². The number of nitrogens with zero attached hydrogens (tertiary/aromatic N) is 3. The quantitative estimate of drug-likeness (QED) is 0.757. The molecule has 4 nitrogen and oxygen atoms in total. The van der Waals surface area contributed by atoms with E-state index in [1.807, 2.05) is 30.5 Å². The molecular formula is C9H18N4S. The first-order valence-electron chi connectivity index (χ1n) is 4.85. The number of hydrogen-bond acceptors (Lipinski definition) is 4. The van der Waals surface area contributed by atoms with Crippen molar-refractivity contribution < 1.29 is 0 Å². The fourth-order valence-corrected chi connectivity index (χ4v) is 2.03. The summed E-state index contributed by atoms with van der Waals surface area (Å²) in [5, 5.41) is 7.36. The highest BCUT2D eigenvalue weighted by Gasteiger charge is 2.10. The van der Waals surface area contributed by atoms with Crippen LogP contribution in [0.2, 0.25) is 0 Å². The second-order valence-corrected chi connectivity index (χ2v) is 4.47. The predicted octanol–water partition coefficient (Wildman–Crippen LogP) is 0.699. The van der Waals surface area contributed by atoms with Crippen LogP contribution in [0.25, 0.3) is 0 Å². The lowest BCUT2D eigenvalue weighted by atomic mass is 10.2. The van der Waals surface area contributed by atoms with Crippen LogP contribution in [0.5, 0.6) is 0 Å². The Balaban J connectivity index is 2.44. The summed E-state index contributed by atoms with van der Waals surface area (Å²) in [6.07, 6.45) is 2.55. The first kappa shape index (κ1) is 11.5. The number of aryl methyl sites for hydroxylation is 1. The van der Waals surface area contributed by atoms with Crippen molar-refractivity contribution >= 4 is 11.8 Å². The van der Waals surface area contributed by atoms with Gasteiger partial charge in [0.2, 0.25) is 0 Å². The Labute approximate surface area is 89.5 Å². The minimum Gasteiger partial charge on any atom is -0.316 e. The minimum atomic E-state index is 0.489. The molecule has 5 heteroatoms. The van der Waals surface area contributed by atoms with E-state index >= 15 is 0 Å². The summed E-state index contributed by atoms with van der Waals surface area (Å²) >= 11 is 1.95. The highest BCUT2D eigenvalue weighted by atomic mass is 32.2. The van der Waals surface area contributed by atoms with Gasteiger partial charge in [0.25, 0.3) is 0 Å². The van der Waals surface area contributed by atoms with Crippen molar-refractivity contribution in [2.24, 2.45) is 7.05 Å². The molecule has 0 bridgehead atoms. The molecule has 0 radical (unpaired) electrons. The van der Waals surface area contributed by atoms with E-state index < -0.39 is 0 Å². The molecule has 1 N–H and O–H groups in total. The Morgan fingerprint density at radius 3 is 2.93 bits per heavy atom. The van der Waals surface area contributed by atoms with Gasteiger partial charge in [0.1, 0.15) is 12.2 Å². The Morgan fingerprint density at radius 1 is 1.64 bits per heavy atom. The van der Waals surface area contributed by atoms with E-state index in [2.05, 4.69) is 22.3 Å². The zero-order valence-corrected chi connectivity index (χ0v) is 9.84. The molecule has 1 rings (SSSR count). The van der Waals surface area contributed by atoms with Crippen LogP contribution >= 0.6 is 11.8 Å². The fraction of sp³-hybridized carbons (Fsp3) is 0.778. The number of nitrogens with one attached hydrogen (secondary N) is 1. The van der Waals surface area contributed by atoms with Gasteiger partial charge in [0, 0.05) is 25.3 Å². The molecule has 0 saturated heterocycles. The number of likely N-dealkylation sites (N-methyl/N-ethyl adjacent to an activating group) is 1. The van der Waals surface area contributed by atoms with Gasteiger partial charge in [-0.15, -0.1) is 0 Å². The molecule has 1 aromatic heterocycles. The van der Waals surface area contributed by atoms with Crippen LogP contribution in [0.4, 0.5) is 0 Å². The van der Waals surface area contributed by atoms with Crippen molar-refractivity contribution in [3.63, 3.8) is 0 Å². The normalized spacial score (nSPS) is 13.1. The topological polar surface area (TPSA) is 42.7 Å². The van der Waals surface area contributed by atoms with Crippen molar-refractivity contribution in [2.45, 2.75) is 19.4 Å². The van der Waals surface area contributed by atoms with E-state index in [9.17, 15) is 0 Å². The zero-order valence-electron chi connectivity index (χ0n) is 9.03. The fourth-order valence-electron chi connectivity index (χ4n) is 1.23. The Kier molecular flexibility index (Phi) is 4.97. The average molecular weight is 214 g/mol. The van der Waals surface area contributed by atoms with Gasteiger partial charge in [0.15, 0.2) is 0 Å². The summed E-state index contributed by atoms with van der Waals surface area (Å²) < 4.78 is 1.83. The average Bonchev–Trinajstić information content (AvgIpc) is 2.59. The molecule has 0 amide bonds. The molecule has 0 saturated carbocycles. The van der Waals surface area contributed by atoms with Crippen LogP contribution in [-0.4, -0.2) is 39.4 Å². The van der Waals surface area contributed by atoms with E-state index in [1.54, 1.807) is 6.33 Å². The van der Waals surface area contributed by atoms with E-state index in [4.69, 9.17) is 0 Å². The molecule has 80 valence electrons. The van der Waals surface area contributed by atoms with Gasteiger partial charge < -0.3 is 5.32 Å². The van der Waals surface area contributed by atoms with Crippen LogP contribution in [0.1, 0.15) is 12.7 Å². The molecule has 1 aromatic rings. The SMILES string of the molecule is CCSCC(Cc1ncnn1C)NC. The third-order valence-electron chi connectivity index (χ3n) is 2.17. The lowest BCUT2D eigenvalue weighted by Crippen LogP contribution is -2.31. The van der Waals surface area contributed by atoms with Gasteiger partial charge in [-0.1, -0.05) is 6.92 Å². The smallest absolute Gasteiger partial charge is 0.138 e. The molecule has 0 fully saturated rings. The van der Waals surface area contributed by atoms with E-state index in [0.29, 0.717) is 6.04 Å². The van der Waals surface area contributed by atoms with Crippen LogP contribution in [0, 0.1) is 0 Å². The Bertz CT molecular complexity index is 261. The standard InChI is InChI=1S/C9H18N4S/c1-4-14-6-8(10-2)5-9-11-7-12-13(9)3/h7-8,10H,4-6H2,1-3H3. The van der Waals surface area contributed by atoms with Crippen LogP contribution in [0.3, 0.4) is 0 Å². The van der Waals surface area contributed by atoms with Gasteiger partial charge >= 0.3 is 0 Å². The highest BCUT2D eigenvalue weighted by Crippen LogP contribution is 2.06. The van der Waals surface area contributed by atoms with Crippen LogP contribution < -0.4 is 5.32 Å². The minimum absolute atomic E-state index is 0.489. The third-order valence-corrected chi connectivity index (χ3v) is 3.21. The summed E-state index contributed by atoms with van der Waals surface area (Å²) in [7, 11) is 3.93. The predicted molar refractivity (Wildman–Crippen MR) is 60.6 cm³/mol. The Hall–Kier alpha value is -0.550. The molecule has 0 aliphatic carbocycles. The van der Waals surface area contributed by atoms with E-state index in [0.717, 1.165) is 23.8 Å². The monoisotopic (exact) mass is 214 g/mol. The van der Waals surface area contributed by atoms with Crippen molar-refractivity contribution in [2.75, 3.05) is 18.6 Å². The summed E-state index contributed by atoms with van der Waals surface area (Å²) in [4.78, 5) is 4.21. The third kappa shape index (κ3) is 3.31. The van der Waals surface area contributed by atoms with Crippen molar-refractivity contribution in [1.82, 2.24) is 20.1 Å². The molecule has 14 heavy (non-hydrogen) atoms. The van der Waals surface area contributed by atoms with Crippen LogP contribution in [0.15, 0.2) is 6.33 Å². The molecule has 0 aliphatic heterocycles. The first-order valence-corrected chi connectivity index (χ1v) is 6.01. The van der Waals surface area contributed by atoms with Gasteiger partial charge in [0.05, 0.1) is 0 Å². The second-order valence-electron chi connectivity index (χ2n) is 3.15. The molecule has 1 heterocycles. The summed E-state index contributed by atoms with van der Waals surface area (Å²) in [6.45, 7) is 2.18. The van der Waals surface area contributed by atoms with Gasteiger partial charge in [-0.25, -0.2) is 4.98 Å². The molecule has 0 aliphatic rings. The second kappa shape index (κ2) is 6.03. The molecule has 1 atom stereocenters. The number of thioether (sulfide) groups is 1. The largest absolute Gasteiger partial charge is 0.316 e. The van der Waals surface area contributed by atoms with Crippen molar-refractivity contribution in [1.29, 1.82) is 0 Å². The lowest BCUT2D eigenvalue weighted by Gasteiger charge is -2.14. The molecule has 0 spiro atoms. The van der Waals surface area contributed by atoms with Crippen molar-refractivity contribution in [3.05, 3.63) is 12.2 Å². The number of rotatable bonds is 6.